The zero-order valence-corrected chi connectivity index (χ0v) is 16.2. The molecule has 0 aliphatic heterocycles. The standard InChI is InChI=1S/C23H24O3S/c1-17(15-27-16-18-8-4-2-5-9-18)12-13-20-21(24)14-22(26-23(20)25)19-10-6-3-7-11-19/h2-11,14,17,24H,12-13,15-16H2,1H3. The van der Waals surface area contributed by atoms with E-state index in [1.54, 1.807) is 6.07 Å². The number of thioether (sulfide) groups is 1. The third-order valence-electron chi connectivity index (χ3n) is 4.49. The Hall–Kier alpha value is -2.46. The van der Waals surface area contributed by atoms with Crippen LogP contribution in [0.3, 0.4) is 0 Å². The summed E-state index contributed by atoms with van der Waals surface area (Å²) in [4.78, 5) is 12.3. The molecule has 1 unspecified atom stereocenters. The maximum absolute atomic E-state index is 12.3. The van der Waals surface area contributed by atoms with Crippen molar-refractivity contribution in [1.82, 2.24) is 0 Å². The average Bonchev–Trinajstić information content (AvgIpc) is 2.69. The highest BCUT2D eigenvalue weighted by atomic mass is 32.2. The predicted octanol–water partition coefficient (Wildman–Crippen LogP) is 5.51. The summed E-state index contributed by atoms with van der Waals surface area (Å²) < 4.78 is 5.43. The molecule has 0 spiro atoms. The first-order valence-electron chi connectivity index (χ1n) is 9.16. The lowest BCUT2D eigenvalue weighted by molar-refractivity contribution is 0.435. The van der Waals surface area contributed by atoms with Crippen molar-refractivity contribution < 1.29 is 9.52 Å². The monoisotopic (exact) mass is 380 g/mol. The highest BCUT2D eigenvalue weighted by Gasteiger charge is 2.14. The lowest BCUT2D eigenvalue weighted by Crippen LogP contribution is -2.10. The van der Waals surface area contributed by atoms with Gasteiger partial charge in [-0.3, -0.25) is 0 Å². The second-order valence-electron chi connectivity index (χ2n) is 6.77. The van der Waals surface area contributed by atoms with Gasteiger partial charge in [0, 0.05) is 17.4 Å². The summed E-state index contributed by atoms with van der Waals surface area (Å²) in [5, 5.41) is 10.3. The maximum atomic E-state index is 12.3. The number of rotatable bonds is 8. The van der Waals surface area contributed by atoms with E-state index in [4.69, 9.17) is 4.42 Å². The van der Waals surface area contributed by atoms with E-state index in [1.807, 2.05) is 48.2 Å². The molecule has 0 radical (unpaired) electrons. The zero-order valence-electron chi connectivity index (χ0n) is 15.4. The van der Waals surface area contributed by atoms with Crippen LogP contribution >= 0.6 is 11.8 Å². The molecule has 3 aromatic rings. The van der Waals surface area contributed by atoms with Gasteiger partial charge in [0.25, 0.3) is 0 Å². The van der Waals surface area contributed by atoms with Crippen molar-refractivity contribution in [2.75, 3.05) is 5.75 Å². The molecule has 1 heterocycles. The smallest absolute Gasteiger partial charge is 0.343 e. The summed E-state index contributed by atoms with van der Waals surface area (Å²) in [6, 6.07) is 21.3. The van der Waals surface area contributed by atoms with E-state index in [1.165, 1.54) is 5.56 Å². The third-order valence-corrected chi connectivity index (χ3v) is 5.83. The number of aromatic hydroxyl groups is 1. The molecule has 3 nitrogen and oxygen atoms in total. The molecule has 0 saturated heterocycles. The van der Waals surface area contributed by atoms with Gasteiger partial charge in [-0.2, -0.15) is 11.8 Å². The molecular weight excluding hydrogens is 356 g/mol. The SMILES string of the molecule is CC(CCc1c(O)cc(-c2ccccc2)oc1=O)CSCc1ccccc1. The van der Waals surface area contributed by atoms with E-state index in [0.717, 1.165) is 23.5 Å². The van der Waals surface area contributed by atoms with Gasteiger partial charge in [0.15, 0.2) is 0 Å². The highest BCUT2D eigenvalue weighted by Crippen LogP contribution is 2.26. The highest BCUT2D eigenvalue weighted by molar-refractivity contribution is 7.98. The molecule has 1 atom stereocenters. The lowest BCUT2D eigenvalue weighted by Gasteiger charge is -2.11. The van der Waals surface area contributed by atoms with Crippen LogP contribution in [0.1, 0.15) is 24.5 Å². The Morgan fingerprint density at radius 2 is 1.70 bits per heavy atom. The van der Waals surface area contributed by atoms with Crippen LogP contribution < -0.4 is 5.63 Å². The molecule has 1 aromatic heterocycles. The molecule has 1 N–H and O–H groups in total. The van der Waals surface area contributed by atoms with Crippen LogP contribution in [0, 0.1) is 5.92 Å². The van der Waals surface area contributed by atoms with Gasteiger partial charge < -0.3 is 9.52 Å². The van der Waals surface area contributed by atoms with Crippen molar-refractivity contribution in [2.45, 2.75) is 25.5 Å². The average molecular weight is 381 g/mol. The van der Waals surface area contributed by atoms with Crippen molar-refractivity contribution in [1.29, 1.82) is 0 Å². The number of benzene rings is 2. The topological polar surface area (TPSA) is 50.4 Å². The molecule has 2 aromatic carbocycles. The van der Waals surface area contributed by atoms with Gasteiger partial charge in [0.1, 0.15) is 11.5 Å². The Kier molecular flexibility index (Phi) is 6.77. The summed E-state index contributed by atoms with van der Waals surface area (Å²) in [6.45, 7) is 2.18. The Morgan fingerprint density at radius 3 is 2.37 bits per heavy atom. The van der Waals surface area contributed by atoms with Crippen molar-refractivity contribution in [2.24, 2.45) is 5.92 Å². The molecule has 27 heavy (non-hydrogen) atoms. The minimum absolute atomic E-state index is 0.0224. The largest absolute Gasteiger partial charge is 0.507 e. The molecule has 0 saturated carbocycles. The van der Waals surface area contributed by atoms with Gasteiger partial charge in [0.05, 0.1) is 5.56 Å². The summed E-state index contributed by atoms with van der Waals surface area (Å²) in [5.41, 5.74) is 2.03. The predicted molar refractivity (Wildman–Crippen MR) is 112 cm³/mol. The Bertz CT molecular complexity index is 904. The molecule has 0 amide bonds. The first kappa shape index (κ1) is 19.3. The fourth-order valence-electron chi connectivity index (χ4n) is 2.91. The number of hydrogen-bond donors (Lipinski definition) is 1. The molecular formula is C23H24O3S. The van der Waals surface area contributed by atoms with E-state index >= 15 is 0 Å². The van der Waals surface area contributed by atoms with E-state index in [2.05, 4.69) is 31.2 Å². The third kappa shape index (κ3) is 5.51. The van der Waals surface area contributed by atoms with E-state index < -0.39 is 5.63 Å². The quantitative estimate of drug-likeness (QED) is 0.559. The first-order chi connectivity index (χ1) is 13.1. The van der Waals surface area contributed by atoms with Crippen LogP contribution in [-0.4, -0.2) is 10.9 Å². The van der Waals surface area contributed by atoms with Crippen molar-refractivity contribution in [3.8, 4) is 17.1 Å². The minimum atomic E-state index is -0.446. The van der Waals surface area contributed by atoms with Gasteiger partial charge in [-0.05, 0) is 30.1 Å². The summed E-state index contributed by atoms with van der Waals surface area (Å²) >= 11 is 1.89. The van der Waals surface area contributed by atoms with Crippen molar-refractivity contribution in [3.63, 3.8) is 0 Å². The van der Waals surface area contributed by atoms with E-state index in [0.29, 0.717) is 23.7 Å². The van der Waals surface area contributed by atoms with Crippen LogP contribution in [0.2, 0.25) is 0 Å². The molecule has 4 heteroatoms. The van der Waals surface area contributed by atoms with Crippen LogP contribution in [0.25, 0.3) is 11.3 Å². The van der Waals surface area contributed by atoms with Crippen LogP contribution in [0.15, 0.2) is 75.9 Å². The van der Waals surface area contributed by atoms with Gasteiger partial charge >= 0.3 is 5.63 Å². The summed E-state index contributed by atoms with van der Waals surface area (Å²) in [6.07, 6.45) is 1.36. The van der Waals surface area contributed by atoms with Crippen LogP contribution in [0.4, 0.5) is 0 Å². The second-order valence-corrected chi connectivity index (χ2v) is 7.80. The molecule has 0 aliphatic rings. The van der Waals surface area contributed by atoms with Crippen molar-refractivity contribution in [3.05, 3.63) is 88.3 Å². The van der Waals surface area contributed by atoms with E-state index in [9.17, 15) is 9.90 Å². The molecule has 3 rings (SSSR count). The molecule has 0 fully saturated rings. The Morgan fingerprint density at radius 1 is 1.04 bits per heavy atom. The molecule has 140 valence electrons. The fraction of sp³-hybridized carbons (Fsp3) is 0.261. The summed E-state index contributed by atoms with van der Waals surface area (Å²) in [7, 11) is 0. The molecule has 0 aliphatic carbocycles. The second kappa shape index (κ2) is 9.47. The van der Waals surface area contributed by atoms with Crippen LogP contribution in [-0.2, 0) is 12.2 Å². The minimum Gasteiger partial charge on any atom is -0.507 e. The van der Waals surface area contributed by atoms with Gasteiger partial charge in [0.2, 0.25) is 0 Å². The van der Waals surface area contributed by atoms with E-state index in [-0.39, 0.29) is 5.75 Å². The summed E-state index contributed by atoms with van der Waals surface area (Å²) in [5.74, 6) is 2.88. The maximum Gasteiger partial charge on any atom is 0.343 e. The van der Waals surface area contributed by atoms with Gasteiger partial charge in [-0.15, -0.1) is 0 Å². The van der Waals surface area contributed by atoms with Crippen LogP contribution in [0.5, 0.6) is 5.75 Å². The first-order valence-corrected chi connectivity index (χ1v) is 10.3. The lowest BCUT2D eigenvalue weighted by atomic mass is 10.0. The van der Waals surface area contributed by atoms with Crippen molar-refractivity contribution >= 4 is 11.8 Å². The zero-order chi connectivity index (χ0) is 19.1. The Balaban J connectivity index is 1.55. The fourth-order valence-corrected chi connectivity index (χ4v) is 4.02. The van der Waals surface area contributed by atoms with Gasteiger partial charge in [-0.25, -0.2) is 4.79 Å². The number of hydrogen-bond acceptors (Lipinski definition) is 4. The van der Waals surface area contributed by atoms with Gasteiger partial charge in [-0.1, -0.05) is 67.6 Å². The Labute approximate surface area is 164 Å². The molecule has 0 bridgehead atoms. The normalized spacial score (nSPS) is 12.0.